The van der Waals surface area contributed by atoms with Crippen molar-refractivity contribution in [1.82, 2.24) is 4.98 Å². The molecule has 0 saturated carbocycles. The summed E-state index contributed by atoms with van der Waals surface area (Å²) in [7, 11) is -1.77. The van der Waals surface area contributed by atoms with Gasteiger partial charge in [0.15, 0.2) is 14.9 Å². The Balaban J connectivity index is 1.86. The lowest BCUT2D eigenvalue weighted by atomic mass is 10.0. The molecule has 140 valence electrons. The molecule has 0 spiro atoms. The lowest BCUT2D eigenvalue weighted by molar-refractivity contribution is 0.414. The molecule has 26 heavy (non-hydrogen) atoms. The number of benzene rings is 1. The molecule has 1 aliphatic heterocycles. The Kier molecular flexibility index (Phi) is 4.97. The van der Waals surface area contributed by atoms with Crippen LogP contribution >= 0.6 is 0 Å². The van der Waals surface area contributed by atoms with Gasteiger partial charge in [-0.15, -0.1) is 0 Å². The third-order valence-corrected chi connectivity index (χ3v) is 7.29. The topological polar surface area (TPSA) is 59.5 Å². The van der Waals surface area contributed by atoms with Gasteiger partial charge >= 0.3 is 0 Å². The fourth-order valence-corrected chi connectivity index (χ4v) is 4.33. The maximum atomic E-state index is 12.5. The second-order valence-electron chi connectivity index (χ2n) is 7.60. The van der Waals surface area contributed by atoms with Crippen molar-refractivity contribution in [3.63, 3.8) is 0 Å². The highest BCUT2D eigenvalue weighted by molar-refractivity contribution is 7.92. The molecule has 6 heteroatoms. The molecule has 0 N–H and O–H groups in total. The number of sulfone groups is 1. The first-order valence-electron chi connectivity index (χ1n) is 8.85. The summed E-state index contributed by atoms with van der Waals surface area (Å²) < 4.78 is 29.5. The van der Waals surface area contributed by atoms with Crippen LogP contribution in [0, 0.1) is 0 Å². The quantitative estimate of drug-likeness (QED) is 0.809. The van der Waals surface area contributed by atoms with Crippen LogP contribution in [0.3, 0.4) is 0 Å². The van der Waals surface area contributed by atoms with Crippen molar-refractivity contribution in [2.24, 2.45) is 0 Å². The minimum absolute atomic E-state index is 0.133. The molecule has 3 rings (SSSR count). The Morgan fingerprint density at radius 3 is 2.35 bits per heavy atom. The molecule has 1 aromatic carbocycles. The predicted molar refractivity (Wildman–Crippen MR) is 103 cm³/mol. The van der Waals surface area contributed by atoms with Crippen LogP contribution in [-0.4, -0.2) is 31.8 Å². The molecule has 5 nitrogen and oxygen atoms in total. The average molecular weight is 375 g/mol. The highest BCUT2D eigenvalue weighted by Gasteiger charge is 2.32. The van der Waals surface area contributed by atoms with Gasteiger partial charge < -0.3 is 9.64 Å². The van der Waals surface area contributed by atoms with Crippen molar-refractivity contribution in [2.75, 3.05) is 18.6 Å². The molecule has 0 unspecified atom stereocenters. The molecule has 1 fully saturated rings. The van der Waals surface area contributed by atoms with Gasteiger partial charge in [-0.05, 0) is 63.4 Å². The number of nitrogens with zero attached hydrogens (tertiary/aromatic N) is 2. The van der Waals surface area contributed by atoms with E-state index in [9.17, 15) is 8.42 Å². The summed E-state index contributed by atoms with van der Waals surface area (Å²) in [5.74, 6) is 0.844. The standard InChI is InChI=1S/C20H26N2O3S/c1-20(2,3)26(23,24)19-12-9-16(14-21-19)22-13-5-6-18(22)15-7-10-17(25-4)11-8-15/h7-12,14,18H,5-6,13H2,1-4H3/t18-/m1/s1. The van der Waals surface area contributed by atoms with Gasteiger partial charge in [-0.3, -0.25) is 0 Å². The first kappa shape index (κ1) is 18.7. The second kappa shape index (κ2) is 6.91. The minimum Gasteiger partial charge on any atom is -0.497 e. The fourth-order valence-electron chi connectivity index (χ4n) is 3.26. The molecule has 0 radical (unpaired) electrons. The van der Waals surface area contributed by atoms with Gasteiger partial charge in [-0.25, -0.2) is 13.4 Å². The van der Waals surface area contributed by atoms with Crippen molar-refractivity contribution < 1.29 is 13.2 Å². The van der Waals surface area contributed by atoms with Crippen LogP contribution in [0.5, 0.6) is 5.75 Å². The lowest BCUT2D eigenvalue weighted by Crippen LogP contribution is -2.29. The van der Waals surface area contributed by atoms with E-state index in [4.69, 9.17) is 4.74 Å². The zero-order chi connectivity index (χ0) is 18.9. The molecule has 0 bridgehead atoms. The van der Waals surface area contributed by atoms with Crippen LogP contribution in [0.4, 0.5) is 5.69 Å². The van der Waals surface area contributed by atoms with E-state index in [0.29, 0.717) is 0 Å². The van der Waals surface area contributed by atoms with Crippen LogP contribution in [0.1, 0.15) is 45.2 Å². The lowest BCUT2D eigenvalue weighted by Gasteiger charge is -2.27. The zero-order valence-electron chi connectivity index (χ0n) is 15.8. The Hall–Kier alpha value is -2.08. The molecule has 1 aromatic heterocycles. The van der Waals surface area contributed by atoms with Gasteiger partial charge in [0.1, 0.15) is 5.75 Å². The number of anilines is 1. The molecule has 1 aliphatic rings. The van der Waals surface area contributed by atoms with Crippen molar-refractivity contribution in [3.05, 3.63) is 48.2 Å². The highest BCUT2D eigenvalue weighted by Crippen LogP contribution is 2.36. The van der Waals surface area contributed by atoms with Crippen LogP contribution in [0.2, 0.25) is 0 Å². The Morgan fingerprint density at radius 2 is 1.81 bits per heavy atom. The monoisotopic (exact) mass is 374 g/mol. The maximum Gasteiger partial charge on any atom is 0.200 e. The van der Waals surface area contributed by atoms with Gasteiger partial charge in [0.05, 0.1) is 29.8 Å². The highest BCUT2D eigenvalue weighted by atomic mass is 32.2. The normalized spacial score (nSPS) is 18.2. The number of methoxy groups -OCH3 is 1. The summed E-state index contributed by atoms with van der Waals surface area (Å²) in [6.07, 6.45) is 3.84. The number of pyridine rings is 1. The molecule has 2 heterocycles. The first-order valence-corrected chi connectivity index (χ1v) is 10.3. The fraction of sp³-hybridized carbons (Fsp3) is 0.450. The molecule has 2 aromatic rings. The molecule has 0 aliphatic carbocycles. The van der Waals surface area contributed by atoms with Gasteiger partial charge in [0, 0.05) is 6.54 Å². The van der Waals surface area contributed by atoms with E-state index in [2.05, 4.69) is 22.0 Å². The number of aromatic nitrogens is 1. The third-order valence-electron chi connectivity index (χ3n) is 4.89. The van der Waals surface area contributed by atoms with Crippen LogP contribution in [0.25, 0.3) is 0 Å². The molecular formula is C20H26N2O3S. The Morgan fingerprint density at radius 1 is 1.12 bits per heavy atom. The number of ether oxygens (including phenoxy) is 1. The average Bonchev–Trinajstić information content (AvgIpc) is 3.10. The van der Waals surface area contributed by atoms with Crippen molar-refractivity contribution in [2.45, 2.75) is 49.4 Å². The van der Waals surface area contributed by atoms with E-state index in [0.717, 1.165) is 30.8 Å². The van der Waals surface area contributed by atoms with Crippen LogP contribution in [-0.2, 0) is 9.84 Å². The largest absolute Gasteiger partial charge is 0.497 e. The van der Waals surface area contributed by atoms with E-state index < -0.39 is 14.6 Å². The second-order valence-corrected chi connectivity index (χ2v) is 10.2. The Bertz CT molecular complexity index is 853. The molecule has 0 amide bonds. The zero-order valence-corrected chi connectivity index (χ0v) is 16.6. The smallest absolute Gasteiger partial charge is 0.200 e. The third kappa shape index (κ3) is 3.43. The SMILES string of the molecule is COc1ccc([C@H]2CCCN2c2ccc(S(=O)(=O)C(C)(C)C)nc2)cc1. The van der Waals surface area contributed by atoms with Gasteiger partial charge in [-0.2, -0.15) is 0 Å². The molecule has 1 saturated heterocycles. The molecular weight excluding hydrogens is 348 g/mol. The van der Waals surface area contributed by atoms with Crippen molar-refractivity contribution in [1.29, 1.82) is 0 Å². The summed E-state index contributed by atoms with van der Waals surface area (Å²) in [5, 5.41) is 0.133. The number of hydrogen-bond donors (Lipinski definition) is 0. The summed E-state index contributed by atoms with van der Waals surface area (Å²) in [6, 6.07) is 11.9. The van der Waals surface area contributed by atoms with Crippen LogP contribution in [0.15, 0.2) is 47.6 Å². The van der Waals surface area contributed by atoms with Gasteiger partial charge in [-0.1, -0.05) is 12.1 Å². The van der Waals surface area contributed by atoms with Crippen molar-refractivity contribution in [3.8, 4) is 5.75 Å². The van der Waals surface area contributed by atoms with Gasteiger partial charge in [0.25, 0.3) is 0 Å². The van der Waals surface area contributed by atoms with Gasteiger partial charge in [0.2, 0.25) is 0 Å². The van der Waals surface area contributed by atoms with Crippen molar-refractivity contribution >= 4 is 15.5 Å². The predicted octanol–water partition coefficient (Wildman–Crippen LogP) is 4.00. The van der Waals surface area contributed by atoms with E-state index in [-0.39, 0.29) is 11.1 Å². The van der Waals surface area contributed by atoms with E-state index >= 15 is 0 Å². The van der Waals surface area contributed by atoms with Crippen LogP contribution < -0.4 is 9.64 Å². The van der Waals surface area contributed by atoms with E-state index in [1.54, 1.807) is 40.1 Å². The Labute approximate surface area is 155 Å². The summed E-state index contributed by atoms with van der Waals surface area (Å²) in [5.41, 5.74) is 2.19. The summed E-state index contributed by atoms with van der Waals surface area (Å²) >= 11 is 0. The summed E-state index contributed by atoms with van der Waals surface area (Å²) in [4.78, 5) is 6.56. The molecule has 1 atom stereocenters. The number of hydrogen-bond acceptors (Lipinski definition) is 5. The maximum absolute atomic E-state index is 12.5. The van der Waals surface area contributed by atoms with E-state index in [1.807, 2.05) is 18.2 Å². The first-order chi connectivity index (χ1) is 12.2. The summed E-state index contributed by atoms with van der Waals surface area (Å²) in [6.45, 7) is 6.01. The van der Waals surface area contributed by atoms with E-state index in [1.165, 1.54) is 5.56 Å². The number of rotatable bonds is 4. The minimum atomic E-state index is -3.43.